The minimum Gasteiger partial charge on any atom is -0.412 e. The second-order valence-corrected chi connectivity index (χ2v) is 15.2. The number of para-hydroxylation sites is 1. The van der Waals surface area contributed by atoms with E-state index >= 15 is 0 Å². The van der Waals surface area contributed by atoms with Gasteiger partial charge in [0.15, 0.2) is 0 Å². The standard InChI is InChI=1S/C32H47NO8P2S/c1-5-9-20-37-42(35,38-21-10-6-2)26-32(34)33-28-15-13-14-16-30(28)44-31-18-17-27(25-29(31)33)19-24-41-43(36,39-22-11-7-3)40-23-12-8-4/h13-19,24-25H,5-12,20-23,26H2,1-4H3. The molecule has 0 unspecified atom stereocenters. The number of benzene rings is 2. The molecular weight excluding hydrogens is 620 g/mol. The van der Waals surface area contributed by atoms with Gasteiger partial charge in [-0.15, -0.1) is 0 Å². The third-order valence-electron chi connectivity index (χ3n) is 6.65. The highest BCUT2D eigenvalue weighted by atomic mass is 32.2. The zero-order valence-electron chi connectivity index (χ0n) is 26.4. The van der Waals surface area contributed by atoms with Crippen LogP contribution in [0.25, 0.3) is 6.08 Å². The summed E-state index contributed by atoms with van der Waals surface area (Å²) < 4.78 is 54.9. The van der Waals surface area contributed by atoms with Crippen molar-refractivity contribution >= 4 is 50.5 Å². The Labute approximate surface area is 267 Å². The number of carbonyl (C=O) groups is 1. The van der Waals surface area contributed by atoms with Crippen LogP contribution in [0.15, 0.2) is 58.5 Å². The van der Waals surface area contributed by atoms with Crippen LogP contribution in [0.1, 0.15) is 84.6 Å². The molecule has 0 N–H and O–H groups in total. The molecule has 0 spiro atoms. The molecule has 0 aliphatic carbocycles. The van der Waals surface area contributed by atoms with Crippen molar-refractivity contribution in [2.75, 3.05) is 37.5 Å². The van der Waals surface area contributed by atoms with Crippen LogP contribution in [0, 0.1) is 0 Å². The van der Waals surface area contributed by atoms with Crippen molar-refractivity contribution in [3.8, 4) is 0 Å². The lowest BCUT2D eigenvalue weighted by Gasteiger charge is -2.32. The molecule has 244 valence electrons. The molecule has 0 saturated carbocycles. The van der Waals surface area contributed by atoms with Crippen LogP contribution >= 0.6 is 27.2 Å². The van der Waals surface area contributed by atoms with Gasteiger partial charge >= 0.3 is 15.4 Å². The first kappa shape index (κ1) is 36.6. The fourth-order valence-corrected chi connectivity index (χ4v) is 7.82. The molecule has 1 aliphatic rings. The Morgan fingerprint density at radius 1 is 0.750 bits per heavy atom. The molecule has 1 amide bonds. The number of carbonyl (C=O) groups excluding carboxylic acids is 1. The van der Waals surface area contributed by atoms with Gasteiger partial charge in [0, 0.05) is 9.79 Å². The summed E-state index contributed by atoms with van der Waals surface area (Å²) in [4.78, 5) is 17.3. The largest absolute Gasteiger partial charge is 0.529 e. The zero-order chi connectivity index (χ0) is 31.8. The molecule has 0 fully saturated rings. The Morgan fingerprint density at radius 2 is 1.30 bits per heavy atom. The van der Waals surface area contributed by atoms with E-state index < -0.39 is 15.4 Å². The van der Waals surface area contributed by atoms with Crippen LogP contribution in [0.3, 0.4) is 0 Å². The van der Waals surface area contributed by atoms with Gasteiger partial charge in [-0.3, -0.25) is 23.3 Å². The first-order valence-corrected chi connectivity index (χ1v) is 19.6. The number of hydrogen-bond donors (Lipinski definition) is 0. The molecule has 1 aliphatic heterocycles. The monoisotopic (exact) mass is 667 g/mol. The van der Waals surface area contributed by atoms with Crippen LogP contribution < -0.4 is 4.90 Å². The lowest BCUT2D eigenvalue weighted by Crippen LogP contribution is -2.31. The highest BCUT2D eigenvalue weighted by molar-refractivity contribution is 7.99. The van der Waals surface area contributed by atoms with Crippen LogP contribution in [-0.4, -0.2) is 38.5 Å². The second kappa shape index (κ2) is 18.9. The number of anilines is 2. The average Bonchev–Trinajstić information content (AvgIpc) is 3.00. The fraction of sp³-hybridized carbons (Fsp3) is 0.531. The zero-order valence-corrected chi connectivity index (χ0v) is 29.0. The molecule has 12 heteroatoms. The predicted octanol–water partition coefficient (Wildman–Crippen LogP) is 10.4. The molecule has 44 heavy (non-hydrogen) atoms. The number of amides is 1. The Bertz CT molecular complexity index is 1290. The smallest absolute Gasteiger partial charge is 0.412 e. The second-order valence-electron chi connectivity index (χ2n) is 10.4. The number of nitrogens with zero attached hydrogens (tertiary/aromatic N) is 1. The number of phosphoric acid groups is 1. The number of hydrogen-bond acceptors (Lipinski definition) is 9. The van der Waals surface area contributed by atoms with E-state index in [0.717, 1.165) is 61.2 Å². The summed E-state index contributed by atoms with van der Waals surface area (Å²) in [5, 5.41) is 0. The van der Waals surface area contributed by atoms with Gasteiger partial charge in [-0.05, 0) is 61.6 Å². The summed E-state index contributed by atoms with van der Waals surface area (Å²) in [5.74, 6) is -0.383. The summed E-state index contributed by atoms with van der Waals surface area (Å²) >= 11 is 1.55. The lowest BCUT2D eigenvalue weighted by molar-refractivity contribution is -0.115. The molecule has 0 radical (unpaired) electrons. The first-order chi connectivity index (χ1) is 21.3. The van der Waals surface area contributed by atoms with E-state index in [2.05, 4.69) is 0 Å². The molecule has 0 atom stereocenters. The minimum absolute atomic E-state index is 0.263. The molecule has 2 aromatic rings. The van der Waals surface area contributed by atoms with Crippen LogP contribution in [0.4, 0.5) is 11.4 Å². The molecule has 0 aromatic heterocycles. The van der Waals surface area contributed by atoms with Crippen molar-refractivity contribution in [1.29, 1.82) is 0 Å². The van der Waals surface area contributed by atoms with Gasteiger partial charge in [0.25, 0.3) is 0 Å². The van der Waals surface area contributed by atoms with E-state index in [9.17, 15) is 13.9 Å². The minimum atomic E-state index is -3.77. The van der Waals surface area contributed by atoms with E-state index in [1.165, 1.54) is 6.26 Å². The quantitative estimate of drug-likeness (QED) is 0.0731. The van der Waals surface area contributed by atoms with Crippen molar-refractivity contribution < 1.29 is 36.5 Å². The summed E-state index contributed by atoms with van der Waals surface area (Å²) in [6.45, 7) is 9.15. The van der Waals surface area contributed by atoms with Gasteiger partial charge < -0.3 is 13.6 Å². The summed E-state index contributed by atoms with van der Waals surface area (Å²) in [6.07, 6.45) is 9.03. The summed E-state index contributed by atoms with van der Waals surface area (Å²) in [7, 11) is -7.46. The van der Waals surface area contributed by atoms with Crippen molar-refractivity contribution in [2.45, 2.75) is 88.9 Å². The highest BCUT2D eigenvalue weighted by Crippen LogP contribution is 2.53. The van der Waals surface area contributed by atoms with E-state index in [4.69, 9.17) is 22.6 Å². The molecule has 0 bridgehead atoms. The Kier molecular flexibility index (Phi) is 15.7. The molecule has 2 aromatic carbocycles. The maximum absolute atomic E-state index is 14.0. The first-order valence-electron chi connectivity index (χ1n) is 15.6. The topological polar surface area (TPSA) is 101 Å². The number of phosphoric ester groups is 1. The molecule has 9 nitrogen and oxygen atoms in total. The van der Waals surface area contributed by atoms with E-state index in [1.54, 1.807) is 22.7 Å². The molecule has 0 saturated heterocycles. The maximum atomic E-state index is 14.0. The Morgan fingerprint density at radius 3 is 1.89 bits per heavy atom. The SMILES string of the molecule is CCCCOP(=O)(CC(=O)N1c2ccccc2Sc2ccc(C=COP(=O)(OCCCC)OCCCC)cc21)OCCCC. The van der Waals surface area contributed by atoms with Crippen LogP contribution in [0.5, 0.6) is 0 Å². The van der Waals surface area contributed by atoms with Crippen molar-refractivity contribution in [2.24, 2.45) is 0 Å². The van der Waals surface area contributed by atoms with Crippen LogP contribution in [0.2, 0.25) is 0 Å². The van der Waals surface area contributed by atoms with Gasteiger partial charge in [0.2, 0.25) is 5.91 Å². The van der Waals surface area contributed by atoms with E-state index in [0.29, 0.717) is 16.9 Å². The van der Waals surface area contributed by atoms with Crippen molar-refractivity contribution in [1.82, 2.24) is 0 Å². The average molecular weight is 668 g/mol. The third kappa shape index (κ3) is 11.2. The highest BCUT2D eigenvalue weighted by Gasteiger charge is 2.35. The van der Waals surface area contributed by atoms with Gasteiger partial charge in [-0.2, -0.15) is 0 Å². The normalized spacial score (nSPS) is 13.2. The number of fused-ring (bicyclic) bond motifs is 2. The number of unbranched alkanes of at least 4 members (excludes halogenated alkanes) is 4. The summed E-state index contributed by atoms with van der Waals surface area (Å²) in [5.41, 5.74) is 2.03. The van der Waals surface area contributed by atoms with Gasteiger partial charge in [0.05, 0.1) is 44.1 Å². The number of rotatable bonds is 21. The molecule has 3 rings (SSSR count). The van der Waals surface area contributed by atoms with Crippen molar-refractivity contribution in [3.63, 3.8) is 0 Å². The molecule has 1 heterocycles. The fourth-order valence-electron chi connectivity index (χ4n) is 4.13. The third-order valence-corrected chi connectivity index (χ3v) is 11.0. The van der Waals surface area contributed by atoms with E-state index in [1.807, 2.05) is 70.2 Å². The molecular formula is C32H47NO8P2S. The Balaban J connectivity index is 1.87. The Hall–Kier alpha value is -1.90. The maximum Gasteiger partial charge on any atom is 0.529 e. The predicted molar refractivity (Wildman–Crippen MR) is 178 cm³/mol. The van der Waals surface area contributed by atoms with Crippen LogP contribution in [-0.2, 0) is 36.5 Å². The van der Waals surface area contributed by atoms with Crippen molar-refractivity contribution in [3.05, 3.63) is 54.3 Å². The van der Waals surface area contributed by atoms with Gasteiger partial charge in [-0.25, -0.2) is 4.57 Å². The lowest BCUT2D eigenvalue weighted by atomic mass is 10.1. The van der Waals surface area contributed by atoms with Gasteiger partial charge in [0.1, 0.15) is 6.16 Å². The van der Waals surface area contributed by atoms with E-state index in [-0.39, 0.29) is 38.5 Å². The van der Waals surface area contributed by atoms with Gasteiger partial charge in [-0.1, -0.05) is 83.3 Å². The summed E-state index contributed by atoms with van der Waals surface area (Å²) in [6, 6.07) is 13.3.